The highest BCUT2D eigenvalue weighted by atomic mass is 16.4. The van der Waals surface area contributed by atoms with Gasteiger partial charge < -0.3 is 10.4 Å². The van der Waals surface area contributed by atoms with Crippen LogP contribution in [0.5, 0.6) is 0 Å². The third-order valence-corrected chi connectivity index (χ3v) is 3.18. The predicted molar refractivity (Wildman–Crippen MR) is 68.3 cm³/mol. The monoisotopic (exact) mass is 233 g/mol. The Morgan fingerprint density at radius 3 is 2.53 bits per heavy atom. The highest BCUT2D eigenvalue weighted by molar-refractivity contribution is 5.76. The zero-order valence-corrected chi connectivity index (χ0v) is 10.5. The zero-order chi connectivity index (χ0) is 12.6. The van der Waals surface area contributed by atoms with Crippen LogP contribution in [0.4, 0.5) is 5.69 Å². The maximum atomic E-state index is 10.8. The molecule has 2 atom stereocenters. The van der Waals surface area contributed by atoms with Crippen LogP contribution in [0.15, 0.2) is 24.3 Å². The normalized spacial score (nSPS) is 23.2. The third-order valence-electron chi connectivity index (χ3n) is 3.18. The number of hydrogen-bond donors (Lipinski definition) is 2. The summed E-state index contributed by atoms with van der Waals surface area (Å²) in [5.41, 5.74) is 2.36. The quantitative estimate of drug-likeness (QED) is 0.844. The van der Waals surface area contributed by atoms with Crippen LogP contribution in [0, 0.1) is 5.92 Å². The second kappa shape index (κ2) is 4.06. The molecule has 0 spiro atoms. The molecule has 1 aliphatic rings. The Balaban J connectivity index is 2.15. The molecule has 3 nitrogen and oxygen atoms in total. The first-order valence-corrected chi connectivity index (χ1v) is 5.98. The zero-order valence-electron chi connectivity index (χ0n) is 10.5. The van der Waals surface area contributed by atoms with Crippen LogP contribution in [-0.2, 0) is 10.2 Å². The Morgan fingerprint density at radius 1 is 1.35 bits per heavy atom. The lowest BCUT2D eigenvalue weighted by Crippen LogP contribution is -2.17. The summed E-state index contributed by atoms with van der Waals surface area (Å²) in [6.07, 6.45) is 0.730. The molecule has 92 valence electrons. The standard InChI is InChI=1S/C14H19NO2/c1-14(2,3)10-6-4-5-7-11(10)15-12-8-9(12)13(16)17/h4-7,9,12,15H,8H2,1-3H3,(H,16,17). The molecule has 0 aliphatic heterocycles. The first-order valence-electron chi connectivity index (χ1n) is 5.98. The molecule has 1 saturated carbocycles. The number of aliphatic carboxylic acids is 1. The number of carbonyl (C=O) groups is 1. The molecule has 2 unspecified atom stereocenters. The number of carboxylic acid groups (broad SMARTS) is 1. The Kier molecular flexibility index (Phi) is 2.86. The lowest BCUT2D eigenvalue weighted by atomic mass is 9.86. The summed E-state index contributed by atoms with van der Waals surface area (Å²) < 4.78 is 0. The van der Waals surface area contributed by atoms with E-state index in [0.717, 1.165) is 12.1 Å². The first-order chi connectivity index (χ1) is 7.89. The molecule has 2 rings (SSSR count). The average Bonchev–Trinajstić information content (AvgIpc) is 2.96. The molecule has 3 heteroatoms. The largest absolute Gasteiger partial charge is 0.481 e. The molecule has 0 bridgehead atoms. The summed E-state index contributed by atoms with van der Waals surface area (Å²) in [7, 11) is 0. The van der Waals surface area contributed by atoms with Crippen molar-refractivity contribution in [2.45, 2.75) is 38.6 Å². The minimum atomic E-state index is -0.698. The molecule has 1 aromatic rings. The molecular formula is C14H19NO2. The molecule has 1 aromatic carbocycles. The van der Waals surface area contributed by atoms with Crippen LogP contribution in [0.2, 0.25) is 0 Å². The second-order valence-corrected chi connectivity index (χ2v) is 5.73. The van der Waals surface area contributed by atoms with Gasteiger partial charge in [0.15, 0.2) is 0 Å². The van der Waals surface area contributed by atoms with Crippen molar-refractivity contribution < 1.29 is 9.90 Å². The molecule has 0 saturated heterocycles. The lowest BCUT2D eigenvalue weighted by molar-refractivity contribution is -0.138. The van der Waals surface area contributed by atoms with Gasteiger partial charge in [-0.1, -0.05) is 39.0 Å². The summed E-state index contributed by atoms with van der Waals surface area (Å²) in [5.74, 6) is -0.918. The van der Waals surface area contributed by atoms with Gasteiger partial charge in [0.05, 0.1) is 5.92 Å². The number of para-hydroxylation sites is 1. The van der Waals surface area contributed by atoms with E-state index in [-0.39, 0.29) is 17.4 Å². The molecule has 1 fully saturated rings. The summed E-state index contributed by atoms with van der Waals surface area (Å²) in [5, 5.41) is 12.2. The van der Waals surface area contributed by atoms with Crippen molar-refractivity contribution in [3.63, 3.8) is 0 Å². The van der Waals surface area contributed by atoms with E-state index >= 15 is 0 Å². The molecule has 0 aromatic heterocycles. The van der Waals surface area contributed by atoms with Gasteiger partial charge in [0.2, 0.25) is 0 Å². The highest BCUT2D eigenvalue weighted by Crippen LogP contribution is 2.37. The van der Waals surface area contributed by atoms with Crippen LogP contribution < -0.4 is 5.32 Å². The summed E-state index contributed by atoms with van der Waals surface area (Å²) in [6.45, 7) is 6.49. The number of rotatable bonds is 3. The Labute approximate surface area is 102 Å². The van der Waals surface area contributed by atoms with Gasteiger partial charge in [-0.3, -0.25) is 4.79 Å². The predicted octanol–water partition coefficient (Wildman–Crippen LogP) is 2.87. The van der Waals surface area contributed by atoms with Gasteiger partial charge in [-0.05, 0) is 23.5 Å². The summed E-state index contributed by atoms with van der Waals surface area (Å²) in [6, 6.07) is 8.22. The van der Waals surface area contributed by atoms with Crippen LogP contribution in [0.25, 0.3) is 0 Å². The van der Waals surface area contributed by atoms with Crippen molar-refractivity contribution in [1.82, 2.24) is 0 Å². The molecule has 1 aliphatic carbocycles. The number of hydrogen-bond acceptors (Lipinski definition) is 2. The van der Waals surface area contributed by atoms with Gasteiger partial charge in [-0.2, -0.15) is 0 Å². The van der Waals surface area contributed by atoms with Crippen molar-refractivity contribution in [3.05, 3.63) is 29.8 Å². The van der Waals surface area contributed by atoms with E-state index in [1.54, 1.807) is 0 Å². The topological polar surface area (TPSA) is 49.3 Å². The fraction of sp³-hybridized carbons (Fsp3) is 0.500. The number of carboxylic acids is 1. The summed E-state index contributed by atoms with van der Waals surface area (Å²) in [4.78, 5) is 10.8. The molecule has 0 radical (unpaired) electrons. The average molecular weight is 233 g/mol. The maximum Gasteiger partial charge on any atom is 0.308 e. The Bertz CT molecular complexity index is 434. The molecule has 0 heterocycles. The van der Waals surface area contributed by atoms with Crippen LogP contribution >= 0.6 is 0 Å². The number of benzene rings is 1. The van der Waals surface area contributed by atoms with Crippen LogP contribution in [-0.4, -0.2) is 17.1 Å². The van der Waals surface area contributed by atoms with Gasteiger partial charge in [-0.25, -0.2) is 0 Å². The second-order valence-electron chi connectivity index (χ2n) is 5.73. The molecular weight excluding hydrogens is 214 g/mol. The lowest BCUT2D eigenvalue weighted by Gasteiger charge is -2.23. The summed E-state index contributed by atoms with van der Waals surface area (Å²) >= 11 is 0. The van der Waals surface area contributed by atoms with Crippen LogP contribution in [0.3, 0.4) is 0 Å². The Morgan fingerprint density at radius 2 is 2.00 bits per heavy atom. The van der Waals surface area contributed by atoms with Gasteiger partial charge in [0.1, 0.15) is 0 Å². The van der Waals surface area contributed by atoms with Crippen molar-refractivity contribution in [2.24, 2.45) is 5.92 Å². The van der Waals surface area contributed by atoms with Crippen molar-refractivity contribution >= 4 is 11.7 Å². The van der Waals surface area contributed by atoms with Gasteiger partial charge in [0.25, 0.3) is 0 Å². The van der Waals surface area contributed by atoms with Crippen molar-refractivity contribution in [1.29, 1.82) is 0 Å². The minimum absolute atomic E-state index is 0.0667. The van der Waals surface area contributed by atoms with Gasteiger partial charge in [-0.15, -0.1) is 0 Å². The number of nitrogens with one attached hydrogen (secondary N) is 1. The fourth-order valence-electron chi connectivity index (χ4n) is 2.09. The van der Waals surface area contributed by atoms with Crippen LogP contribution in [0.1, 0.15) is 32.8 Å². The number of anilines is 1. The third kappa shape index (κ3) is 2.60. The van der Waals surface area contributed by atoms with E-state index in [9.17, 15) is 4.79 Å². The SMILES string of the molecule is CC(C)(C)c1ccccc1NC1CC1C(=O)O. The smallest absolute Gasteiger partial charge is 0.308 e. The molecule has 2 N–H and O–H groups in total. The molecule has 17 heavy (non-hydrogen) atoms. The van der Waals surface area contributed by atoms with E-state index in [1.165, 1.54) is 5.56 Å². The van der Waals surface area contributed by atoms with Gasteiger partial charge in [0, 0.05) is 11.7 Å². The maximum absolute atomic E-state index is 10.8. The Hall–Kier alpha value is -1.51. The van der Waals surface area contributed by atoms with E-state index in [0.29, 0.717) is 0 Å². The van der Waals surface area contributed by atoms with Crippen molar-refractivity contribution in [3.8, 4) is 0 Å². The van der Waals surface area contributed by atoms with E-state index < -0.39 is 5.97 Å². The minimum Gasteiger partial charge on any atom is -0.481 e. The molecule has 0 amide bonds. The van der Waals surface area contributed by atoms with Gasteiger partial charge >= 0.3 is 5.97 Å². The van der Waals surface area contributed by atoms with E-state index in [1.807, 2.05) is 18.2 Å². The van der Waals surface area contributed by atoms with E-state index in [4.69, 9.17) is 5.11 Å². The fourth-order valence-corrected chi connectivity index (χ4v) is 2.09. The van der Waals surface area contributed by atoms with E-state index in [2.05, 4.69) is 32.2 Å². The van der Waals surface area contributed by atoms with Crippen molar-refractivity contribution in [2.75, 3.05) is 5.32 Å². The highest BCUT2D eigenvalue weighted by Gasteiger charge is 2.43. The first kappa shape index (κ1) is 12.0.